The monoisotopic (exact) mass is 381 g/mol. The second-order valence-electron chi connectivity index (χ2n) is 6.45. The van der Waals surface area contributed by atoms with Gasteiger partial charge in [0.25, 0.3) is 11.7 Å². The minimum Gasteiger partial charge on any atom is -0.507 e. The van der Waals surface area contributed by atoms with E-state index in [1.165, 1.54) is 12.0 Å². The van der Waals surface area contributed by atoms with E-state index in [1.54, 1.807) is 43.5 Å². The molecule has 1 unspecified atom stereocenters. The number of benzene rings is 2. The van der Waals surface area contributed by atoms with Crippen molar-refractivity contribution in [3.63, 3.8) is 0 Å². The van der Waals surface area contributed by atoms with E-state index in [0.29, 0.717) is 36.4 Å². The van der Waals surface area contributed by atoms with E-state index >= 15 is 0 Å². The lowest BCUT2D eigenvalue weighted by molar-refractivity contribution is -0.140. The largest absolute Gasteiger partial charge is 0.507 e. The molecule has 2 aromatic carbocycles. The summed E-state index contributed by atoms with van der Waals surface area (Å²) in [6.07, 6.45) is 0.570. The molecular weight excluding hydrogens is 358 g/mol. The summed E-state index contributed by atoms with van der Waals surface area (Å²) in [5.74, 6) is -0.978. The number of aliphatic hydroxyl groups excluding tert-OH is 1. The molecule has 0 aromatic heterocycles. The lowest BCUT2D eigenvalue weighted by Gasteiger charge is -2.26. The van der Waals surface area contributed by atoms with Crippen LogP contribution < -0.4 is 4.74 Å². The normalized spacial score (nSPS) is 18.5. The summed E-state index contributed by atoms with van der Waals surface area (Å²) < 4.78 is 10.5. The van der Waals surface area contributed by atoms with Crippen molar-refractivity contribution in [3.8, 4) is 5.75 Å². The first-order chi connectivity index (χ1) is 13.6. The Hall–Kier alpha value is -3.12. The van der Waals surface area contributed by atoms with Crippen molar-refractivity contribution < 1.29 is 24.2 Å². The number of methoxy groups -OCH3 is 2. The van der Waals surface area contributed by atoms with E-state index in [0.717, 1.165) is 0 Å². The smallest absolute Gasteiger partial charge is 0.295 e. The third-order valence-electron chi connectivity index (χ3n) is 4.77. The number of amides is 1. The summed E-state index contributed by atoms with van der Waals surface area (Å²) in [6.45, 7) is 0.785. The third kappa shape index (κ3) is 3.64. The predicted octanol–water partition coefficient (Wildman–Crippen LogP) is 3.15. The second kappa shape index (κ2) is 8.71. The van der Waals surface area contributed by atoms with E-state index < -0.39 is 17.7 Å². The number of aliphatic hydroxyl groups is 1. The van der Waals surface area contributed by atoms with Crippen molar-refractivity contribution in [2.75, 3.05) is 27.4 Å². The Labute approximate surface area is 164 Å². The SMILES string of the molecule is COCCCN1C(=O)C(=O)/C(=C(/O)c2ccccc2)C1c1ccccc1OC. The van der Waals surface area contributed by atoms with Gasteiger partial charge in [0.1, 0.15) is 11.5 Å². The number of ether oxygens (including phenoxy) is 2. The molecule has 1 fully saturated rings. The van der Waals surface area contributed by atoms with Gasteiger partial charge in [0, 0.05) is 31.4 Å². The second-order valence-corrected chi connectivity index (χ2v) is 6.45. The Morgan fingerprint density at radius 1 is 1.04 bits per heavy atom. The standard InChI is InChI=1S/C22H23NO5/c1-27-14-8-13-23-19(16-11-6-7-12-17(16)28-2)18(21(25)22(23)26)20(24)15-9-4-3-5-10-15/h3-7,9-12,19,24H,8,13-14H2,1-2H3/b20-18+. The molecule has 1 aliphatic heterocycles. The Morgan fingerprint density at radius 2 is 1.71 bits per heavy atom. The van der Waals surface area contributed by atoms with E-state index in [9.17, 15) is 14.7 Å². The zero-order valence-electron chi connectivity index (χ0n) is 15.9. The van der Waals surface area contributed by atoms with Crippen LogP contribution in [0, 0.1) is 0 Å². The molecule has 0 saturated carbocycles. The van der Waals surface area contributed by atoms with Crippen molar-refractivity contribution >= 4 is 17.4 Å². The lowest BCUT2D eigenvalue weighted by atomic mass is 9.94. The number of para-hydroxylation sites is 1. The summed E-state index contributed by atoms with van der Waals surface area (Å²) in [6, 6.07) is 15.2. The Morgan fingerprint density at radius 3 is 2.39 bits per heavy atom. The van der Waals surface area contributed by atoms with E-state index in [1.807, 2.05) is 18.2 Å². The zero-order chi connectivity index (χ0) is 20.1. The Bertz CT molecular complexity index is 891. The summed E-state index contributed by atoms with van der Waals surface area (Å²) in [5.41, 5.74) is 1.20. The molecule has 146 valence electrons. The Kier molecular flexibility index (Phi) is 6.11. The van der Waals surface area contributed by atoms with Crippen LogP contribution in [0.2, 0.25) is 0 Å². The summed E-state index contributed by atoms with van der Waals surface area (Å²) in [7, 11) is 3.12. The van der Waals surface area contributed by atoms with Gasteiger partial charge < -0.3 is 19.5 Å². The molecule has 0 radical (unpaired) electrons. The van der Waals surface area contributed by atoms with Crippen LogP contribution in [0.25, 0.3) is 5.76 Å². The van der Waals surface area contributed by atoms with Gasteiger partial charge in [-0.1, -0.05) is 48.5 Å². The van der Waals surface area contributed by atoms with Gasteiger partial charge in [0.2, 0.25) is 0 Å². The molecule has 1 N–H and O–H groups in total. The molecule has 28 heavy (non-hydrogen) atoms. The number of nitrogens with zero attached hydrogens (tertiary/aromatic N) is 1. The molecule has 1 amide bonds. The van der Waals surface area contributed by atoms with Crippen LogP contribution in [-0.2, 0) is 14.3 Å². The van der Waals surface area contributed by atoms with Crippen molar-refractivity contribution in [1.82, 2.24) is 4.90 Å². The third-order valence-corrected chi connectivity index (χ3v) is 4.77. The lowest BCUT2D eigenvalue weighted by Crippen LogP contribution is -2.31. The predicted molar refractivity (Wildman–Crippen MR) is 105 cm³/mol. The van der Waals surface area contributed by atoms with Crippen LogP contribution in [0.4, 0.5) is 0 Å². The average molecular weight is 381 g/mol. The van der Waals surface area contributed by atoms with Crippen molar-refractivity contribution in [3.05, 3.63) is 71.3 Å². The van der Waals surface area contributed by atoms with Crippen LogP contribution in [0.1, 0.15) is 23.6 Å². The van der Waals surface area contributed by atoms with Gasteiger partial charge in [-0.3, -0.25) is 9.59 Å². The quantitative estimate of drug-likeness (QED) is 0.345. The van der Waals surface area contributed by atoms with Crippen LogP contribution in [-0.4, -0.2) is 49.1 Å². The maximum atomic E-state index is 12.9. The number of hydrogen-bond acceptors (Lipinski definition) is 5. The number of hydrogen-bond donors (Lipinski definition) is 1. The highest BCUT2D eigenvalue weighted by atomic mass is 16.5. The van der Waals surface area contributed by atoms with Crippen LogP contribution >= 0.6 is 0 Å². The fourth-order valence-electron chi connectivity index (χ4n) is 3.46. The van der Waals surface area contributed by atoms with E-state index in [-0.39, 0.29) is 11.3 Å². The highest BCUT2D eigenvalue weighted by Crippen LogP contribution is 2.42. The first-order valence-corrected chi connectivity index (χ1v) is 9.05. The van der Waals surface area contributed by atoms with Crippen LogP contribution in [0.5, 0.6) is 5.75 Å². The van der Waals surface area contributed by atoms with Crippen molar-refractivity contribution in [1.29, 1.82) is 0 Å². The van der Waals surface area contributed by atoms with Crippen LogP contribution in [0.15, 0.2) is 60.2 Å². The van der Waals surface area contributed by atoms with Gasteiger partial charge in [-0.25, -0.2) is 0 Å². The summed E-state index contributed by atoms with van der Waals surface area (Å²) >= 11 is 0. The molecule has 1 aliphatic rings. The minimum atomic E-state index is -0.729. The first-order valence-electron chi connectivity index (χ1n) is 9.05. The molecule has 0 aliphatic carbocycles. The molecule has 3 rings (SSSR count). The molecule has 2 aromatic rings. The summed E-state index contributed by atoms with van der Waals surface area (Å²) in [4.78, 5) is 27.1. The fraction of sp³-hybridized carbons (Fsp3) is 0.273. The molecular formula is C22H23NO5. The number of ketones is 1. The maximum Gasteiger partial charge on any atom is 0.295 e. The molecule has 6 heteroatoms. The van der Waals surface area contributed by atoms with Crippen LogP contribution in [0.3, 0.4) is 0 Å². The molecule has 1 atom stereocenters. The Balaban J connectivity index is 2.16. The van der Waals surface area contributed by atoms with Gasteiger partial charge in [-0.05, 0) is 12.5 Å². The molecule has 1 saturated heterocycles. The van der Waals surface area contributed by atoms with Gasteiger partial charge in [0.05, 0.1) is 18.7 Å². The summed E-state index contributed by atoms with van der Waals surface area (Å²) in [5, 5.41) is 10.9. The van der Waals surface area contributed by atoms with Gasteiger partial charge >= 0.3 is 0 Å². The minimum absolute atomic E-state index is 0.0677. The number of carbonyl (C=O) groups is 2. The fourth-order valence-corrected chi connectivity index (χ4v) is 3.46. The van der Waals surface area contributed by atoms with E-state index in [4.69, 9.17) is 9.47 Å². The van der Waals surface area contributed by atoms with Gasteiger partial charge in [-0.2, -0.15) is 0 Å². The maximum absolute atomic E-state index is 12.9. The number of rotatable bonds is 7. The number of Topliss-reactive ketones (excluding diaryl/α,β-unsaturated/α-hetero) is 1. The van der Waals surface area contributed by atoms with E-state index in [2.05, 4.69) is 0 Å². The zero-order valence-corrected chi connectivity index (χ0v) is 15.9. The molecule has 0 bridgehead atoms. The van der Waals surface area contributed by atoms with Crippen molar-refractivity contribution in [2.45, 2.75) is 12.5 Å². The number of likely N-dealkylation sites (tertiary alicyclic amines) is 1. The molecule has 0 spiro atoms. The highest BCUT2D eigenvalue weighted by molar-refractivity contribution is 6.46. The van der Waals surface area contributed by atoms with Gasteiger partial charge in [0.15, 0.2) is 0 Å². The highest BCUT2D eigenvalue weighted by Gasteiger charge is 2.46. The van der Waals surface area contributed by atoms with Crippen molar-refractivity contribution in [2.24, 2.45) is 0 Å². The molecule has 6 nitrogen and oxygen atoms in total. The first kappa shape index (κ1) is 19.6. The number of carbonyl (C=O) groups excluding carboxylic acids is 2. The topological polar surface area (TPSA) is 76.1 Å². The molecule has 1 heterocycles. The average Bonchev–Trinajstić information content (AvgIpc) is 2.98. The van der Waals surface area contributed by atoms with Gasteiger partial charge in [-0.15, -0.1) is 0 Å².